The van der Waals surface area contributed by atoms with Gasteiger partial charge in [-0.25, -0.2) is 4.98 Å². The van der Waals surface area contributed by atoms with Crippen molar-refractivity contribution < 1.29 is 9.59 Å². The molecule has 1 aliphatic rings. The van der Waals surface area contributed by atoms with Crippen molar-refractivity contribution in [2.75, 3.05) is 5.32 Å². The van der Waals surface area contributed by atoms with Gasteiger partial charge in [0.05, 0.1) is 22.0 Å². The van der Waals surface area contributed by atoms with E-state index in [0.717, 1.165) is 18.4 Å². The number of carbonyl (C=O) groups excluding carboxylic acids is 2. The number of aromatic nitrogens is 2. The molecule has 2 amide bonds. The fraction of sp³-hybridized carbons (Fsp3) is 0.211. The summed E-state index contributed by atoms with van der Waals surface area (Å²) >= 11 is 7.31. The van der Waals surface area contributed by atoms with Gasteiger partial charge in [-0.2, -0.15) is 5.26 Å². The Morgan fingerprint density at radius 1 is 1.41 bits per heavy atom. The summed E-state index contributed by atoms with van der Waals surface area (Å²) in [5.41, 5.74) is 6.22. The quantitative estimate of drug-likeness (QED) is 0.573. The molecule has 10 heteroatoms. The minimum atomic E-state index is -1.33. The second-order valence-corrected chi connectivity index (χ2v) is 7.97. The first-order chi connectivity index (χ1) is 13.9. The van der Waals surface area contributed by atoms with Crippen LogP contribution in [0.25, 0.3) is 10.2 Å². The van der Waals surface area contributed by atoms with Crippen molar-refractivity contribution >= 4 is 50.7 Å². The van der Waals surface area contributed by atoms with Gasteiger partial charge >= 0.3 is 0 Å². The number of H-pyrrole nitrogens is 1. The standard InChI is InChI=1S/C19H14ClN5O3S/c20-13-5-9(3-4-10(13)15(22)26)23-17(27)11(6-21)16-24-18(28)14-12(8-1-2-8)7-29-19(14)25-16/h3-5,7-8,11H,1-2H2,(H2,22,26)(H,23,27)(H,24,25,28). The van der Waals surface area contributed by atoms with Crippen LogP contribution in [-0.2, 0) is 4.79 Å². The van der Waals surface area contributed by atoms with Gasteiger partial charge in [0.25, 0.3) is 5.56 Å². The topological polar surface area (TPSA) is 142 Å². The van der Waals surface area contributed by atoms with E-state index in [-0.39, 0.29) is 27.7 Å². The van der Waals surface area contributed by atoms with Crippen molar-refractivity contribution in [3.63, 3.8) is 0 Å². The zero-order valence-corrected chi connectivity index (χ0v) is 16.4. The van der Waals surface area contributed by atoms with Crippen LogP contribution in [0.3, 0.4) is 0 Å². The average Bonchev–Trinajstić information content (AvgIpc) is 3.41. The number of nitriles is 1. The predicted molar refractivity (Wildman–Crippen MR) is 109 cm³/mol. The Hall–Kier alpha value is -3.22. The van der Waals surface area contributed by atoms with Gasteiger partial charge in [-0.1, -0.05) is 11.6 Å². The molecule has 0 spiro atoms. The number of fused-ring (bicyclic) bond motifs is 1. The summed E-state index contributed by atoms with van der Waals surface area (Å²) in [6, 6.07) is 6.04. The molecule has 1 atom stereocenters. The Balaban J connectivity index is 1.62. The van der Waals surface area contributed by atoms with Crippen molar-refractivity contribution in [3.05, 3.63) is 55.9 Å². The Kier molecular flexibility index (Phi) is 4.82. The highest BCUT2D eigenvalue weighted by Crippen LogP contribution is 2.44. The lowest BCUT2D eigenvalue weighted by Crippen LogP contribution is -2.24. The zero-order valence-electron chi connectivity index (χ0n) is 14.9. The van der Waals surface area contributed by atoms with E-state index >= 15 is 0 Å². The number of thiophene rings is 1. The highest BCUT2D eigenvalue weighted by atomic mass is 35.5. The van der Waals surface area contributed by atoms with Crippen molar-refractivity contribution in [2.24, 2.45) is 5.73 Å². The molecule has 1 unspecified atom stereocenters. The summed E-state index contributed by atoms with van der Waals surface area (Å²) in [5.74, 6) is -2.34. The van der Waals surface area contributed by atoms with E-state index < -0.39 is 17.7 Å². The molecule has 1 aliphatic carbocycles. The predicted octanol–water partition coefficient (Wildman–Crippen LogP) is 2.86. The Labute approximate surface area is 173 Å². The van der Waals surface area contributed by atoms with E-state index in [9.17, 15) is 19.6 Å². The summed E-state index contributed by atoms with van der Waals surface area (Å²) in [4.78, 5) is 43.9. The lowest BCUT2D eigenvalue weighted by atomic mass is 10.1. The van der Waals surface area contributed by atoms with Crippen LogP contribution >= 0.6 is 22.9 Å². The van der Waals surface area contributed by atoms with Crippen molar-refractivity contribution in [2.45, 2.75) is 24.7 Å². The van der Waals surface area contributed by atoms with Crippen LogP contribution < -0.4 is 16.6 Å². The van der Waals surface area contributed by atoms with Gasteiger partial charge in [-0.05, 0) is 47.9 Å². The fourth-order valence-electron chi connectivity index (χ4n) is 3.07. The number of nitrogens with one attached hydrogen (secondary N) is 2. The molecule has 1 aromatic carbocycles. The number of nitrogens with zero attached hydrogens (tertiary/aromatic N) is 2. The van der Waals surface area contributed by atoms with Gasteiger partial charge < -0.3 is 16.0 Å². The van der Waals surface area contributed by atoms with Crippen molar-refractivity contribution in [1.82, 2.24) is 9.97 Å². The van der Waals surface area contributed by atoms with Crippen LogP contribution in [0.1, 0.15) is 46.4 Å². The highest BCUT2D eigenvalue weighted by Gasteiger charge is 2.29. The van der Waals surface area contributed by atoms with E-state index in [1.54, 1.807) is 0 Å². The van der Waals surface area contributed by atoms with E-state index in [4.69, 9.17) is 17.3 Å². The monoisotopic (exact) mass is 427 g/mol. The average molecular weight is 428 g/mol. The van der Waals surface area contributed by atoms with E-state index in [1.165, 1.54) is 29.5 Å². The first kappa shape index (κ1) is 19.1. The number of primary amides is 1. The largest absolute Gasteiger partial charge is 0.366 e. The molecule has 146 valence electrons. The van der Waals surface area contributed by atoms with Crippen LogP contribution in [0, 0.1) is 11.3 Å². The molecule has 1 fully saturated rings. The van der Waals surface area contributed by atoms with E-state index in [1.807, 2.05) is 11.4 Å². The molecule has 2 heterocycles. The maximum atomic E-state index is 12.6. The molecular weight excluding hydrogens is 414 g/mol. The summed E-state index contributed by atoms with van der Waals surface area (Å²) in [6.07, 6.45) is 2.10. The Morgan fingerprint density at radius 2 is 2.17 bits per heavy atom. The zero-order chi connectivity index (χ0) is 20.7. The highest BCUT2D eigenvalue weighted by molar-refractivity contribution is 7.16. The van der Waals surface area contributed by atoms with Crippen LogP contribution in [0.2, 0.25) is 5.02 Å². The first-order valence-corrected chi connectivity index (χ1v) is 9.96. The molecule has 8 nitrogen and oxygen atoms in total. The maximum absolute atomic E-state index is 12.6. The normalized spacial score (nSPS) is 14.3. The molecule has 29 heavy (non-hydrogen) atoms. The molecule has 2 aromatic heterocycles. The Bertz CT molecular complexity index is 1250. The molecule has 0 saturated heterocycles. The number of carbonyl (C=O) groups is 2. The second-order valence-electron chi connectivity index (χ2n) is 6.71. The summed E-state index contributed by atoms with van der Waals surface area (Å²) in [7, 11) is 0. The summed E-state index contributed by atoms with van der Waals surface area (Å²) in [5, 5.41) is 14.6. The van der Waals surface area contributed by atoms with Gasteiger partial charge in [0.15, 0.2) is 5.92 Å². The molecule has 4 rings (SSSR count). The van der Waals surface area contributed by atoms with Crippen LogP contribution in [0.4, 0.5) is 5.69 Å². The molecule has 0 radical (unpaired) electrons. The number of halogens is 1. The summed E-state index contributed by atoms with van der Waals surface area (Å²) in [6.45, 7) is 0. The number of aromatic amines is 1. The van der Waals surface area contributed by atoms with Gasteiger partial charge in [-0.15, -0.1) is 11.3 Å². The number of hydrogen-bond acceptors (Lipinski definition) is 6. The van der Waals surface area contributed by atoms with Crippen LogP contribution in [0.5, 0.6) is 0 Å². The third-order valence-corrected chi connectivity index (χ3v) is 5.88. The van der Waals surface area contributed by atoms with E-state index in [0.29, 0.717) is 16.1 Å². The SMILES string of the molecule is N#CC(C(=O)Nc1ccc(C(N)=O)c(Cl)c1)c1nc2scc(C3CC3)c2c(=O)[nH]1. The third kappa shape index (κ3) is 3.60. The summed E-state index contributed by atoms with van der Waals surface area (Å²) < 4.78 is 0. The van der Waals surface area contributed by atoms with Gasteiger partial charge in [0.1, 0.15) is 10.7 Å². The number of nitrogens with two attached hydrogens (primary N) is 1. The van der Waals surface area contributed by atoms with Gasteiger partial charge in [-0.3, -0.25) is 14.4 Å². The Morgan fingerprint density at radius 3 is 2.79 bits per heavy atom. The number of rotatable bonds is 5. The van der Waals surface area contributed by atoms with Crippen LogP contribution in [0.15, 0.2) is 28.4 Å². The lowest BCUT2D eigenvalue weighted by molar-refractivity contribution is -0.116. The van der Waals surface area contributed by atoms with Gasteiger partial charge in [0, 0.05) is 5.69 Å². The number of benzene rings is 1. The fourth-order valence-corrected chi connectivity index (χ4v) is 4.37. The second kappa shape index (κ2) is 7.31. The molecule has 0 bridgehead atoms. The van der Waals surface area contributed by atoms with Gasteiger partial charge in [0.2, 0.25) is 11.8 Å². The minimum Gasteiger partial charge on any atom is -0.366 e. The first-order valence-electron chi connectivity index (χ1n) is 8.70. The molecular formula is C19H14ClN5O3S. The smallest absolute Gasteiger partial charge is 0.259 e. The molecule has 4 N–H and O–H groups in total. The van der Waals surface area contributed by atoms with E-state index in [2.05, 4.69) is 15.3 Å². The maximum Gasteiger partial charge on any atom is 0.259 e. The van der Waals surface area contributed by atoms with Crippen molar-refractivity contribution in [1.29, 1.82) is 5.26 Å². The molecule has 3 aromatic rings. The van der Waals surface area contributed by atoms with Crippen molar-refractivity contribution in [3.8, 4) is 6.07 Å². The number of hydrogen-bond donors (Lipinski definition) is 3. The molecule has 0 aliphatic heterocycles. The number of amides is 2. The lowest BCUT2D eigenvalue weighted by Gasteiger charge is -2.11. The van der Waals surface area contributed by atoms with Crippen LogP contribution in [-0.4, -0.2) is 21.8 Å². The number of anilines is 1. The third-order valence-electron chi connectivity index (χ3n) is 4.67. The molecule has 1 saturated carbocycles. The minimum absolute atomic E-state index is 0.0217.